The fraction of sp³-hybridized carbons (Fsp3) is 0.429. The van der Waals surface area contributed by atoms with Gasteiger partial charge in [0.05, 0.1) is 11.4 Å². The van der Waals surface area contributed by atoms with Gasteiger partial charge >= 0.3 is 0 Å². The number of nitrogens with zero attached hydrogens (tertiary/aromatic N) is 4. The van der Waals surface area contributed by atoms with Crippen LogP contribution in [0.15, 0.2) is 21.7 Å². The van der Waals surface area contributed by atoms with Crippen LogP contribution in [0.3, 0.4) is 0 Å². The van der Waals surface area contributed by atoms with Crippen LogP contribution in [0.25, 0.3) is 11.0 Å². The van der Waals surface area contributed by atoms with Crippen molar-refractivity contribution in [2.75, 3.05) is 0 Å². The average Bonchev–Trinajstić information content (AvgIpc) is 3.38. The lowest BCUT2D eigenvalue weighted by Gasteiger charge is -1.92. The fourth-order valence-electron chi connectivity index (χ4n) is 2.79. The lowest BCUT2D eigenvalue weighted by atomic mass is 10.3. The molecule has 0 aromatic carbocycles. The molecular weight excluding hydrogens is 256 g/mol. The molecule has 0 N–H and O–H groups in total. The maximum atomic E-state index is 12.5. The van der Waals surface area contributed by atoms with Crippen molar-refractivity contribution in [2.45, 2.75) is 37.5 Å². The summed E-state index contributed by atoms with van der Waals surface area (Å²) >= 11 is 0. The van der Waals surface area contributed by atoms with Crippen LogP contribution in [0, 0.1) is 0 Å². The third-order valence-electron chi connectivity index (χ3n) is 4.27. The minimum Gasteiger partial charge on any atom is -0.265 e. The molecule has 2 fully saturated rings. The average molecular weight is 268 g/mol. The number of hydrogen-bond donors (Lipinski definition) is 0. The van der Waals surface area contributed by atoms with Crippen molar-refractivity contribution in [1.29, 1.82) is 0 Å². The van der Waals surface area contributed by atoms with Gasteiger partial charge in [-0.15, -0.1) is 0 Å². The first-order valence-electron chi connectivity index (χ1n) is 7.01. The van der Waals surface area contributed by atoms with Gasteiger partial charge < -0.3 is 0 Å². The summed E-state index contributed by atoms with van der Waals surface area (Å²) in [7, 11) is 0. The zero-order chi connectivity index (χ0) is 13.4. The Kier molecular flexibility index (Phi) is 1.71. The van der Waals surface area contributed by atoms with Crippen LogP contribution in [-0.4, -0.2) is 19.2 Å². The maximum Gasteiger partial charge on any atom is 0.297 e. The zero-order valence-electron chi connectivity index (χ0n) is 10.7. The van der Waals surface area contributed by atoms with Gasteiger partial charge in [-0.05, 0) is 37.8 Å². The number of aromatic nitrogens is 4. The van der Waals surface area contributed by atoms with Crippen LogP contribution >= 0.6 is 0 Å². The number of hydrogen-bond acceptors (Lipinski definition) is 4. The standard InChI is InChI=1S/C14H12N4O2/c19-13-11-5-9(7-1-2-7)15-17(11)14(20)12-6-10(8-3-4-8)16-18(12)13/h5-8H,1-4H2. The van der Waals surface area contributed by atoms with E-state index in [0.717, 1.165) is 37.1 Å². The van der Waals surface area contributed by atoms with Crippen LogP contribution in [0.1, 0.15) is 48.9 Å². The molecule has 0 bridgehead atoms. The highest BCUT2D eigenvalue weighted by Gasteiger charge is 2.30. The van der Waals surface area contributed by atoms with E-state index in [0.29, 0.717) is 22.9 Å². The largest absolute Gasteiger partial charge is 0.297 e. The van der Waals surface area contributed by atoms with Gasteiger partial charge in [-0.2, -0.15) is 19.2 Å². The van der Waals surface area contributed by atoms with Crippen molar-refractivity contribution in [3.8, 4) is 0 Å². The highest BCUT2D eigenvalue weighted by molar-refractivity contribution is 5.55. The van der Waals surface area contributed by atoms with E-state index in [2.05, 4.69) is 10.2 Å². The zero-order valence-corrected chi connectivity index (χ0v) is 10.7. The van der Waals surface area contributed by atoms with Gasteiger partial charge in [0, 0.05) is 11.8 Å². The molecule has 0 radical (unpaired) electrons. The summed E-state index contributed by atoms with van der Waals surface area (Å²) in [5.41, 5.74) is 1.91. The van der Waals surface area contributed by atoms with Gasteiger partial charge in [-0.3, -0.25) is 9.59 Å². The van der Waals surface area contributed by atoms with E-state index in [-0.39, 0.29) is 11.1 Å². The Labute approximate surface area is 113 Å². The molecule has 2 saturated carbocycles. The van der Waals surface area contributed by atoms with E-state index in [1.54, 1.807) is 12.1 Å². The molecule has 2 aliphatic rings. The Balaban J connectivity index is 1.89. The first kappa shape index (κ1) is 10.5. The van der Waals surface area contributed by atoms with Crippen molar-refractivity contribution >= 4 is 11.0 Å². The molecule has 3 heterocycles. The quantitative estimate of drug-likeness (QED) is 0.692. The molecule has 3 aromatic rings. The molecule has 0 spiro atoms. The van der Waals surface area contributed by atoms with Crippen molar-refractivity contribution < 1.29 is 0 Å². The molecule has 5 rings (SSSR count). The van der Waals surface area contributed by atoms with E-state index in [4.69, 9.17) is 0 Å². The van der Waals surface area contributed by atoms with Gasteiger partial charge in [0.2, 0.25) is 0 Å². The lowest BCUT2D eigenvalue weighted by molar-refractivity contribution is 0.817. The minimum atomic E-state index is -0.245. The summed E-state index contributed by atoms with van der Waals surface area (Å²) < 4.78 is 2.51. The summed E-state index contributed by atoms with van der Waals surface area (Å²) in [6, 6.07) is 3.50. The lowest BCUT2D eigenvalue weighted by Crippen LogP contribution is -2.26. The topological polar surface area (TPSA) is 68.7 Å². The molecule has 2 aliphatic carbocycles. The fourth-order valence-corrected chi connectivity index (χ4v) is 2.79. The molecule has 0 saturated heterocycles. The Morgan fingerprint density at radius 3 is 1.55 bits per heavy atom. The van der Waals surface area contributed by atoms with E-state index in [1.165, 1.54) is 9.03 Å². The van der Waals surface area contributed by atoms with Crippen LogP contribution in [0.5, 0.6) is 0 Å². The summed E-state index contributed by atoms with van der Waals surface area (Å²) in [6.07, 6.45) is 4.37. The molecule has 3 aromatic heterocycles. The maximum absolute atomic E-state index is 12.5. The van der Waals surface area contributed by atoms with Gasteiger partial charge in [0.25, 0.3) is 11.1 Å². The first-order valence-corrected chi connectivity index (χ1v) is 7.01. The SMILES string of the molecule is O=c1c2cc(C3CC3)nn2c(=O)c2cc(C3CC3)nn12. The second-order valence-corrected chi connectivity index (χ2v) is 5.89. The normalized spacial score (nSPS) is 19.2. The Morgan fingerprint density at radius 2 is 1.20 bits per heavy atom. The summed E-state index contributed by atoms with van der Waals surface area (Å²) in [4.78, 5) is 24.9. The van der Waals surface area contributed by atoms with Crippen LogP contribution in [0.4, 0.5) is 0 Å². The summed E-state index contributed by atoms with van der Waals surface area (Å²) in [5.74, 6) is 0.839. The van der Waals surface area contributed by atoms with Gasteiger partial charge in [-0.25, -0.2) is 0 Å². The second-order valence-electron chi connectivity index (χ2n) is 5.89. The molecule has 0 amide bonds. The molecule has 0 aliphatic heterocycles. The second kappa shape index (κ2) is 3.26. The van der Waals surface area contributed by atoms with Crippen molar-refractivity contribution in [3.63, 3.8) is 0 Å². The Morgan fingerprint density at radius 1 is 0.800 bits per heavy atom. The van der Waals surface area contributed by atoms with Crippen molar-refractivity contribution in [3.05, 3.63) is 44.2 Å². The molecule has 0 unspecified atom stereocenters. The van der Waals surface area contributed by atoms with Crippen LogP contribution < -0.4 is 11.1 Å². The highest BCUT2D eigenvalue weighted by Crippen LogP contribution is 2.40. The summed E-state index contributed by atoms with van der Waals surface area (Å²) in [6.45, 7) is 0. The van der Waals surface area contributed by atoms with Crippen molar-refractivity contribution in [1.82, 2.24) is 19.2 Å². The Hall–Kier alpha value is -2.24. The Bertz CT molecular complexity index is 824. The van der Waals surface area contributed by atoms with Gasteiger partial charge in [-0.1, -0.05) is 0 Å². The predicted molar refractivity (Wildman–Crippen MR) is 71.6 cm³/mol. The minimum absolute atomic E-state index is 0.245. The molecule has 100 valence electrons. The smallest absolute Gasteiger partial charge is 0.265 e. The molecule has 6 heteroatoms. The van der Waals surface area contributed by atoms with E-state index in [1.807, 2.05) is 0 Å². The van der Waals surface area contributed by atoms with Crippen LogP contribution in [-0.2, 0) is 0 Å². The molecule has 20 heavy (non-hydrogen) atoms. The van der Waals surface area contributed by atoms with E-state index >= 15 is 0 Å². The third-order valence-corrected chi connectivity index (χ3v) is 4.27. The summed E-state index contributed by atoms with van der Waals surface area (Å²) in [5, 5.41) is 8.64. The van der Waals surface area contributed by atoms with Gasteiger partial charge in [0.15, 0.2) is 0 Å². The monoisotopic (exact) mass is 268 g/mol. The first-order chi connectivity index (χ1) is 9.72. The van der Waals surface area contributed by atoms with E-state index < -0.39 is 0 Å². The molecular formula is C14H12N4O2. The third kappa shape index (κ3) is 1.28. The number of fused-ring (bicyclic) bond motifs is 2. The number of rotatable bonds is 2. The van der Waals surface area contributed by atoms with Gasteiger partial charge in [0.1, 0.15) is 11.0 Å². The highest BCUT2D eigenvalue weighted by atomic mass is 16.2. The molecule has 6 nitrogen and oxygen atoms in total. The molecule has 0 atom stereocenters. The van der Waals surface area contributed by atoms with Crippen LogP contribution in [0.2, 0.25) is 0 Å². The predicted octanol–water partition coefficient (Wildman–Crippen LogP) is 0.895. The van der Waals surface area contributed by atoms with Crippen molar-refractivity contribution in [2.24, 2.45) is 0 Å². The van der Waals surface area contributed by atoms with E-state index in [9.17, 15) is 9.59 Å².